The summed E-state index contributed by atoms with van der Waals surface area (Å²) in [5, 5.41) is 2.68. The molecule has 174 valence electrons. The van der Waals surface area contributed by atoms with Crippen molar-refractivity contribution in [1.29, 1.82) is 0 Å². The number of nitrogens with one attached hydrogen (secondary N) is 1. The summed E-state index contributed by atoms with van der Waals surface area (Å²) in [5.74, 6) is -0.403. The number of carbonyl (C=O) groups excluding carboxylic acids is 1. The lowest BCUT2D eigenvalue weighted by atomic mass is 10.00. The van der Waals surface area contributed by atoms with E-state index in [9.17, 15) is 18.0 Å². The third-order valence-corrected chi connectivity index (χ3v) is 5.98. The number of halogens is 3. The molecule has 32 heavy (non-hydrogen) atoms. The number of carbonyl (C=O) groups is 1. The van der Waals surface area contributed by atoms with Crippen molar-refractivity contribution in [3.05, 3.63) is 64.2 Å². The molecule has 0 bridgehead atoms. The normalized spacial score (nSPS) is 15.7. The number of likely N-dealkylation sites (N-methyl/N-ethyl adjacent to an activating group) is 1. The minimum absolute atomic E-state index is 0.168. The van der Waals surface area contributed by atoms with Gasteiger partial charge in [-0.3, -0.25) is 9.69 Å². The highest BCUT2D eigenvalue weighted by Gasteiger charge is 2.31. The van der Waals surface area contributed by atoms with Crippen LogP contribution in [0.3, 0.4) is 0 Å². The standard InChI is InChI=1S/C25H32F3N3O/c1-4-5-6-20-7-8-21(13-18(20)2)24(32)29-23-15-19(14-22(16-23)25(26,27)28)17-31-11-9-30(3)10-12-31/h7-8,13-16H,4-6,9-12,17H2,1-3H3,(H,29,32). The van der Waals surface area contributed by atoms with Crippen LogP contribution in [-0.4, -0.2) is 48.9 Å². The van der Waals surface area contributed by atoms with Gasteiger partial charge in [0.2, 0.25) is 0 Å². The first-order valence-electron chi connectivity index (χ1n) is 11.2. The van der Waals surface area contributed by atoms with Gasteiger partial charge in [0.05, 0.1) is 5.56 Å². The second-order valence-corrected chi connectivity index (χ2v) is 8.69. The van der Waals surface area contributed by atoms with Crippen molar-refractivity contribution in [1.82, 2.24) is 9.80 Å². The number of rotatable bonds is 7. The highest BCUT2D eigenvalue weighted by Crippen LogP contribution is 2.32. The third-order valence-electron chi connectivity index (χ3n) is 5.98. The number of hydrogen-bond donors (Lipinski definition) is 1. The smallest absolute Gasteiger partial charge is 0.322 e. The van der Waals surface area contributed by atoms with Crippen LogP contribution in [0.2, 0.25) is 0 Å². The van der Waals surface area contributed by atoms with E-state index in [1.807, 2.05) is 20.0 Å². The molecule has 0 spiro atoms. The Morgan fingerprint density at radius 3 is 2.41 bits per heavy atom. The van der Waals surface area contributed by atoms with Crippen LogP contribution in [0.1, 0.15) is 52.4 Å². The number of benzene rings is 2. The summed E-state index contributed by atoms with van der Waals surface area (Å²) in [7, 11) is 2.04. The quantitative estimate of drug-likeness (QED) is 0.621. The number of piperazine rings is 1. The molecule has 0 aliphatic carbocycles. The lowest BCUT2D eigenvalue weighted by molar-refractivity contribution is -0.137. The van der Waals surface area contributed by atoms with Gasteiger partial charge in [-0.2, -0.15) is 13.2 Å². The van der Waals surface area contributed by atoms with Crippen LogP contribution in [0, 0.1) is 6.92 Å². The second-order valence-electron chi connectivity index (χ2n) is 8.69. The average molecular weight is 448 g/mol. The van der Waals surface area contributed by atoms with E-state index in [4.69, 9.17) is 0 Å². The third kappa shape index (κ3) is 6.56. The molecule has 1 heterocycles. The van der Waals surface area contributed by atoms with Gasteiger partial charge in [-0.25, -0.2) is 0 Å². The van der Waals surface area contributed by atoms with Gasteiger partial charge in [-0.1, -0.05) is 19.4 Å². The maximum Gasteiger partial charge on any atom is 0.416 e. The predicted octanol–water partition coefficient (Wildman–Crippen LogP) is 5.36. The molecule has 0 radical (unpaired) electrons. The van der Waals surface area contributed by atoms with Crippen molar-refractivity contribution in [2.75, 3.05) is 38.5 Å². The summed E-state index contributed by atoms with van der Waals surface area (Å²) in [6, 6.07) is 9.32. The Morgan fingerprint density at radius 1 is 1.06 bits per heavy atom. The van der Waals surface area contributed by atoms with E-state index >= 15 is 0 Å². The van der Waals surface area contributed by atoms with Gasteiger partial charge < -0.3 is 10.2 Å². The van der Waals surface area contributed by atoms with Crippen LogP contribution in [0.25, 0.3) is 0 Å². The van der Waals surface area contributed by atoms with Gasteiger partial charge in [0.15, 0.2) is 0 Å². The molecular weight excluding hydrogens is 415 g/mol. The molecule has 1 aliphatic heterocycles. The highest BCUT2D eigenvalue weighted by atomic mass is 19.4. The maximum absolute atomic E-state index is 13.5. The topological polar surface area (TPSA) is 35.6 Å². The Hall–Kier alpha value is -2.38. The molecule has 1 saturated heterocycles. The Labute approximate surface area is 188 Å². The van der Waals surface area contributed by atoms with Crippen LogP contribution >= 0.6 is 0 Å². The molecule has 1 amide bonds. The van der Waals surface area contributed by atoms with E-state index < -0.39 is 17.6 Å². The predicted molar refractivity (Wildman–Crippen MR) is 122 cm³/mol. The number of alkyl halides is 3. The zero-order chi connectivity index (χ0) is 23.3. The molecule has 2 aromatic carbocycles. The summed E-state index contributed by atoms with van der Waals surface area (Å²) in [5.41, 5.74) is 2.63. The van der Waals surface area contributed by atoms with Crippen LogP contribution in [-0.2, 0) is 19.1 Å². The van der Waals surface area contributed by atoms with Crippen LogP contribution in [0.5, 0.6) is 0 Å². The molecule has 0 aromatic heterocycles. The first kappa shape index (κ1) is 24.3. The molecule has 4 nitrogen and oxygen atoms in total. The first-order chi connectivity index (χ1) is 15.2. The first-order valence-corrected chi connectivity index (χ1v) is 11.2. The number of unbranched alkanes of at least 4 members (excludes halogenated alkanes) is 1. The largest absolute Gasteiger partial charge is 0.416 e. The molecule has 1 aliphatic rings. The Balaban J connectivity index is 1.78. The van der Waals surface area contributed by atoms with Gasteiger partial charge in [0.25, 0.3) is 5.91 Å². The summed E-state index contributed by atoms with van der Waals surface area (Å²) < 4.78 is 40.5. The number of amides is 1. The molecule has 1 fully saturated rings. The Bertz CT molecular complexity index is 935. The summed E-state index contributed by atoms with van der Waals surface area (Å²) >= 11 is 0. The maximum atomic E-state index is 13.5. The zero-order valence-electron chi connectivity index (χ0n) is 19.1. The molecule has 2 aromatic rings. The Kier molecular flexibility index (Phi) is 7.96. The fourth-order valence-electron chi connectivity index (χ4n) is 3.97. The van der Waals surface area contributed by atoms with Crippen molar-refractivity contribution in [2.45, 2.75) is 45.8 Å². The second kappa shape index (κ2) is 10.5. The van der Waals surface area contributed by atoms with Crippen LogP contribution in [0.4, 0.5) is 18.9 Å². The molecule has 1 N–H and O–H groups in total. The minimum atomic E-state index is -4.48. The molecule has 0 saturated carbocycles. The van der Waals surface area contributed by atoms with E-state index in [0.717, 1.165) is 57.1 Å². The van der Waals surface area contributed by atoms with Crippen LogP contribution in [0.15, 0.2) is 36.4 Å². The van der Waals surface area contributed by atoms with Crippen molar-refractivity contribution < 1.29 is 18.0 Å². The monoisotopic (exact) mass is 447 g/mol. The Morgan fingerprint density at radius 2 is 1.78 bits per heavy atom. The van der Waals surface area contributed by atoms with E-state index in [-0.39, 0.29) is 5.69 Å². The summed E-state index contributed by atoms with van der Waals surface area (Å²) in [6.45, 7) is 7.89. The van der Waals surface area contributed by atoms with E-state index in [1.165, 1.54) is 11.6 Å². The number of nitrogens with zero attached hydrogens (tertiary/aromatic N) is 2. The molecule has 0 unspecified atom stereocenters. The number of hydrogen-bond acceptors (Lipinski definition) is 3. The highest BCUT2D eigenvalue weighted by molar-refractivity contribution is 6.04. The minimum Gasteiger partial charge on any atom is -0.322 e. The fraction of sp³-hybridized carbons (Fsp3) is 0.480. The van der Waals surface area contributed by atoms with Gasteiger partial charge in [-0.05, 0) is 73.8 Å². The van der Waals surface area contributed by atoms with Crippen molar-refractivity contribution >= 4 is 11.6 Å². The summed E-state index contributed by atoms with van der Waals surface area (Å²) in [4.78, 5) is 17.1. The number of anilines is 1. The lowest BCUT2D eigenvalue weighted by Crippen LogP contribution is -2.43. The molecule has 3 rings (SSSR count). The SMILES string of the molecule is CCCCc1ccc(C(=O)Nc2cc(CN3CCN(C)CC3)cc(C(F)(F)F)c2)cc1C. The molecule has 0 atom stereocenters. The molecule has 7 heteroatoms. The van der Waals surface area contributed by atoms with E-state index in [0.29, 0.717) is 17.7 Å². The van der Waals surface area contributed by atoms with Crippen molar-refractivity contribution in [3.8, 4) is 0 Å². The van der Waals surface area contributed by atoms with E-state index in [2.05, 4.69) is 22.0 Å². The summed E-state index contributed by atoms with van der Waals surface area (Å²) in [6.07, 6.45) is -1.36. The fourth-order valence-corrected chi connectivity index (χ4v) is 3.97. The molecular formula is C25H32F3N3O. The average Bonchev–Trinajstić information content (AvgIpc) is 2.73. The zero-order valence-corrected chi connectivity index (χ0v) is 19.1. The van der Waals surface area contributed by atoms with Crippen LogP contribution < -0.4 is 5.32 Å². The lowest BCUT2D eigenvalue weighted by Gasteiger charge is -2.32. The van der Waals surface area contributed by atoms with Crippen molar-refractivity contribution in [2.24, 2.45) is 0 Å². The van der Waals surface area contributed by atoms with Gasteiger partial charge in [-0.15, -0.1) is 0 Å². The van der Waals surface area contributed by atoms with Gasteiger partial charge in [0.1, 0.15) is 0 Å². The van der Waals surface area contributed by atoms with Crippen molar-refractivity contribution in [3.63, 3.8) is 0 Å². The van der Waals surface area contributed by atoms with E-state index in [1.54, 1.807) is 18.2 Å². The van der Waals surface area contributed by atoms with Gasteiger partial charge >= 0.3 is 6.18 Å². The number of aryl methyl sites for hydroxylation is 2. The van der Waals surface area contributed by atoms with Gasteiger partial charge in [0, 0.05) is 44.0 Å².